The quantitative estimate of drug-likeness (QED) is 0.350. The van der Waals surface area contributed by atoms with Gasteiger partial charge in [-0.1, -0.05) is 5.21 Å². The number of nitrogens with zero attached hydrogens (tertiary/aromatic N) is 9. The maximum absolute atomic E-state index is 13.1. The SMILES string of the molecule is Cc1ncc(NC(=O)c2cc(C(F)(F)F)ccn2)cc1-n1cc(-c2cncc(N3CCC(N4CCN(C)CC4)CC3)c2)nn1. The van der Waals surface area contributed by atoms with E-state index in [0.29, 0.717) is 29.2 Å². The normalized spacial score (nSPS) is 17.2. The summed E-state index contributed by atoms with van der Waals surface area (Å²) in [6.07, 6.45) is 5.40. The number of aromatic nitrogens is 6. The molecule has 0 radical (unpaired) electrons. The predicted molar refractivity (Wildman–Crippen MR) is 159 cm³/mol. The molecule has 0 bridgehead atoms. The minimum atomic E-state index is -4.59. The van der Waals surface area contributed by atoms with Crippen LogP contribution in [0.5, 0.6) is 0 Å². The van der Waals surface area contributed by atoms with Gasteiger partial charge >= 0.3 is 6.18 Å². The van der Waals surface area contributed by atoms with Gasteiger partial charge in [0, 0.05) is 63.3 Å². The van der Waals surface area contributed by atoms with Crippen molar-refractivity contribution in [3.05, 3.63) is 72.2 Å². The van der Waals surface area contributed by atoms with Gasteiger partial charge in [-0.15, -0.1) is 5.10 Å². The van der Waals surface area contributed by atoms with Crippen molar-refractivity contribution in [1.82, 2.24) is 39.7 Å². The van der Waals surface area contributed by atoms with Gasteiger partial charge in [0.15, 0.2) is 0 Å². The molecule has 0 aromatic carbocycles. The summed E-state index contributed by atoms with van der Waals surface area (Å²) in [5, 5.41) is 11.2. The monoisotopic (exact) mass is 606 g/mol. The fourth-order valence-electron chi connectivity index (χ4n) is 5.68. The minimum Gasteiger partial charge on any atom is -0.370 e. The second-order valence-electron chi connectivity index (χ2n) is 11.2. The van der Waals surface area contributed by atoms with E-state index >= 15 is 0 Å². The number of alkyl halides is 3. The molecular weight excluding hydrogens is 573 g/mol. The number of piperazine rings is 1. The number of carbonyl (C=O) groups excluding carboxylic acids is 1. The molecule has 2 aliphatic heterocycles. The zero-order valence-electron chi connectivity index (χ0n) is 24.5. The first-order valence-electron chi connectivity index (χ1n) is 14.5. The number of carbonyl (C=O) groups is 1. The Morgan fingerprint density at radius 3 is 2.50 bits per heavy atom. The fraction of sp³-hybridized carbons (Fsp3) is 0.400. The molecule has 0 atom stereocenters. The number of pyridine rings is 3. The van der Waals surface area contributed by atoms with E-state index in [-0.39, 0.29) is 11.4 Å². The molecule has 6 heterocycles. The molecule has 6 rings (SSSR count). The van der Waals surface area contributed by atoms with Gasteiger partial charge in [-0.3, -0.25) is 24.6 Å². The molecule has 2 aliphatic rings. The van der Waals surface area contributed by atoms with Crippen LogP contribution in [0.3, 0.4) is 0 Å². The Hall–Kier alpha value is -4.43. The number of amides is 1. The van der Waals surface area contributed by atoms with Gasteiger partial charge < -0.3 is 15.1 Å². The Balaban J connectivity index is 1.14. The Labute approximate surface area is 252 Å². The number of hydrogen-bond donors (Lipinski definition) is 1. The van der Waals surface area contributed by atoms with Crippen molar-refractivity contribution in [2.75, 3.05) is 56.5 Å². The summed E-state index contributed by atoms with van der Waals surface area (Å²) >= 11 is 0. The highest BCUT2D eigenvalue weighted by Gasteiger charge is 2.31. The van der Waals surface area contributed by atoms with Crippen LogP contribution < -0.4 is 10.2 Å². The molecular formula is C30H33F3N10O. The summed E-state index contributed by atoms with van der Waals surface area (Å²) in [7, 11) is 2.18. The van der Waals surface area contributed by atoms with Gasteiger partial charge in [0.25, 0.3) is 5.91 Å². The van der Waals surface area contributed by atoms with E-state index in [9.17, 15) is 18.0 Å². The molecule has 0 aliphatic carbocycles. The van der Waals surface area contributed by atoms with Crippen molar-refractivity contribution in [3.63, 3.8) is 0 Å². The fourth-order valence-corrected chi connectivity index (χ4v) is 5.68. The van der Waals surface area contributed by atoms with Crippen LogP contribution in [-0.2, 0) is 6.18 Å². The van der Waals surface area contributed by atoms with Gasteiger partial charge in [-0.2, -0.15) is 13.2 Å². The van der Waals surface area contributed by atoms with Crippen molar-refractivity contribution in [3.8, 4) is 16.9 Å². The number of likely N-dealkylation sites (N-methyl/N-ethyl adjacent to an activating group) is 1. The van der Waals surface area contributed by atoms with Gasteiger partial charge in [0.05, 0.1) is 46.9 Å². The van der Waals surface area contributed by atoms with Crippen LogP contribution in [0.4, 0.5) is 24.5 Å². The molecule has 44 heavy (non-hydrogen) atoms. The second-order valence-corrected chi connectivity index (χ2v) is 11.2. The standard InChI is InChI=1S/C30H33F3N10O/c1-20-28(15-23(17-36-20)37-29(44)26-14-22(3-6-35-26)30(31,32)33)43-19-27(38-39-43)21-13-25(18-34-16-21)41-7-4-24(5-8-41)42-11-9-40(2)10-12-42/h3,6,13-19,24H,4-5,7-12H2,1-2H3,(H,37,44). The topological polar surface area (TPSA) is 108 Å². The first-order valence-corrected chi connectivity index (χ1v) is 14.5. The molecule has 0 spiro atoms. The molecule has 1 N–H and O–H groups in total. The smallest absolute Gasteiger partial charge is 0.370 e. The van der Waals surface area contributed by atoms with Crippen molar-refractivity contribution in [2.24, 2.45) is 0 Å². The largest absolute Gasteiger partial charge is 0.416 e. The highest BCUT2D eigenvalue weighted by atomic mass is 19.4. The van der Waals surface area contributed by atoms with Crippen molar-refractivity contribution in [2.45, 2.75) is 32.0 Å². The molecule has 4 aromatic rings. The lowest BCUT2D eigenvalue weighted by molar-refractivity contribution is -0.137. The molecule has 14 heteroatoms. The second kappa shape index (κ2) is 12.3. The summed E-state index contributed by atoms with van der Waals surface area (Å²) < 4.78 is 40.8. The molecule has 2 saturated heterocycles. The summed E-state index contributed by atoms with van der Waals surface area (Å²) in [4.78, 5) is 32.6. The minimum absolute atomic E-state index is 0.274. The third kappa shape index (κ3) is 6.55. The summed E-state index contributed by atoms with van der Waals surface area (Å²) in [5.74, 6) is -0.789. The van der Waals surface area contributed by atoms with Crippen LogP contribution in [0.2, 0.25) is 0 Å². The van der Waals surface area contributed by atoms with Crippen LogP contribution in [0.25, 0.3) is 16.9 Å². The lowest BCUT2D eigenvalue weighted by Crippen LogP contribution is -2.52. The van der Waals surface area contributed by atoms with Crippen molar-refractivity contribution in [1.29, 1.82) is 0 Å². The van der Waals surface area contributed by atoms with E-state index in [1.807, 2.05) is 6.20 Å². The van der Waals surface area contributed by atoms with Gasteiger partial charge in [-0.05, 0) is 51.1 Å². The maximum atomic E-state index is 13.1. The molecule has 230 valence electrons. The molecule has 1 amide bonds. The Kier molecular flexibility index (Phi) is 8.27. The number of aryl methyl sites for hydroxylation is 1. The lowest BCUT2D eigenvalue weighted by Gasteiger charge is -2.42. The molecule has 0 unspecified atom stereocenters. The molecule has 0 saturated carbocycles. The van der Waals surface area contributed by atoms with E-state index < -0.39 is 17.6 Å². The third-order valence-electron chi connectivity index (χ3n) is 8.28. The number of piperidine rings is 1. The summed E-state index contributed by atoms with van der Waals surface area (Å²) in [6, 6.07) is 5.84. The van der Waals surface area contributed by atoms with Crippen LogP contribution >= 0.6 is 0 Å². The Morgan fingerprint density at radius 2 is 1.75 bits per heavy atom. The number of halogens is 3. The number of rotatable bonds is 6. The average Bonchev–Trinajstić information content (AvgIpc) is 3.52. The molecule has 4 aromatic heterocycles. The van der Waals surface area contributed by atoms with Crippen LogP contribution in [-0.4, -0.2) is 98.0 Å². The van der Waals surface area contributed by atoms with Crippen LogP contribution in [0.1, 0.15) is 34.6 Å². The number of hydrogen-bond acceptors (Lipinski definition) is 9. The first kappa shape index (κ1) is 29.6. The molecule has 2 fully saturated rings. The van der Waals surface area contributed by atoms with E-state index in [1.165, 1.54) is 6.20 Å². The summed E-state index contributed by atoms with van der Waals surface area (Å²) in [5.41, 5.74) is 2.61. The van der Waals surface area contributed by atoms with Crippen LogP contribution in [0, 0.1) is 6.92 Å². The third-order valence-corrected chi connectivity index (χ3v) is 8.28. The van der Waals surface area contributed by atoms with Crippen molar-refractivity contribution >= 4 is 17.3 Å². The Bertz CT molecular complexity index is 1630. The number of nitrogens with one attached hydrogen (secondary N) is 1. The van der Waals surface area contributed by atoms with E-state index in [1.54, 1.807) is 30.1 Å². The van der Waals surface area contributed by atoms with Gasteiger partial charge in [-0.25, -0.2) is 4.68 Å². The first-order chi connectivity index (χ1) is 21.1. The maximum Gasteiger partial charge on any atom is 0.416 e. The molecule has 11 nitrogen and oxygen atoms in total. The summed E-state index contributed by atoms with van der Waals surface area (Å²) in [6.45, 7) is 8.22. The van der Waals surface area contributed by atoms with Gasteiger partial charge in [0.1, 0.15) is 11.4 Å². The predicted octanol–water partition coefficient (Wildman–Crippen LogP) is 3.92. The van der Waals surface area contributed by atoms with E-state index in [2.05, 4.69) is 58.4 Å². The van der Waals surface area contributed by atoms with Gasteiger partial charge in [0.2, 0.25) is 0 Å². The highest BCUT2D eigenvalue weighted by Crippen LogP contribution is 2.30. The number of anilines is 2. The van der Waals surface area contributed by atoms with Crippen LogP contribution in [0.15, 0.2) is 55.2 Å². The zero-order chi connectivity index (χ0) is 30.8. The lowest BCUT2D eigenvalue weighted by atomic mass is 10.0. The Morgan fingerprint density at radius 1 is 0.977 bits per heavy atom. The van der Waals surface area contributed by atoms with E-state index in [0.717, 1.165) is 75.6 Å². The zero-order valence-corrected chi connectivity index (χ0v) is 24.5. The van der Waals surface area contributed by atoms with Crippen molar-refractivity contribution < 1.29 is 18.0 Å². The highest BCUT2D eigenvalue weighted by molar-refractivity contribution is 6.03. The average molecular weight is 607 g/mol. The van der Waals surface area contributed by atoms with E-state index in [4.69, 9.17) is 0 Å².